The van der Waals surface area contributed by atoms with Crippen molar-refractivity contribution < 1.29 is 14.0 Å². The van der Waals surface area contributed by atoms with E-state index in [0.29, 0.717) is 16.8 Å². The largest absolute Gasteiger partial charge is 0.321 e. The summed E-state index contributed by atoms with van der Waals surface area (Å²) in [6, 6.07) is 18.7. The van der Waals surface area contributed by atoms with Crippen LogP contribution in [-0.2, 0) is 4.79 Å². The number of nitrogens with one attached hydrogen (secondary N) is 1. The number of anilines is 1. The van der Waals surface area contributed by atoms with Gasteiger partial charge in [-0.05, 0) is 30.3 Å². The number of likely N-dealkylation sites (N-methyl/N-ethyl adjacent to an activating group) is 1. The van der Waals surface area contributed by atoms with Crippen molar-refractivity contribution in [2.24, 2.45) is 4.99 Å². The van der Waals surface area contributed by atoms with Gasteiger partial charge in [0.15, 0.2) is 5.69 Å². The van der Waals surface area contributed by atoms with Crippen molar-refractivity contribution in [3.05, 3.63) is 102 Å². The first-order valence-electron chi connectivity index (χ1n) is 9.97. The molecule has 4 aromatic rings. The average molecular weight is 427 g/mol. The number of benzodiazepines with no additional fused rings is 1. The number of imidazole rings is 1. The second-order valence-electron chi connectivity index (χ2n) is 7.33. The monoisotopic (exact) mass is 427 g/mol. The van der Waals surface area contributed by atoms with Crippen LogP contribution in [0.5, 0.6) is 0 Å². The lowest BCUT2D eigenvalue weighted by Gasteiger charge is -2.20. The summed E-state index contributed by atoms with van der Waals surface area (Å²) in [5, 5.41) is 2.67. The highest BCUT2D eigenvalue weighted by Crippen LogP contribution is 2.28. The van der Waals surface area contributed by atoms with Crippen molar-refractivity contribution in [3.8, 4) is 0 Å². The van der Waals surface area contributed by atoms with Gasteiger partial charge in [0.25, 0.3) is 11.8 Å². The molecule has 0 fully saturated rings. The minimum Gasteiger partial charge on any atom is -0.321 e. The number of nitrogens with zero attached hydrogens (tertiary/aromatic N) is 4. The number of carbonyl (C=O) groups excluding carboxylic acids is 2. The lowest BCUT2D eigenvalue weighted by atomic mass is 10.00. The predicted octanol–water partition coefficient (Wildman–Crippen LogP) is 3.04. The van der Waals surface area contributed by atoms with E-state index in [9.17, 15) is 14.0 Å². The fourth-order valence-electron chi connectivity index (χ4n) is 3.80. The second kappa shape index (κ2) is 7.73. The van der Waals surface area contributed by atoms with Gasteiger partial charge in [-0.25, -0.2) is 14.4 Å². The van der Waals surface area contributed by atoms with Crippen molar-refractivity contribution >= 4 is 28.7 Å². The van der Waals surface area contributed by atoms with Gasteiger partial charge in [-0.2, -0.15) is 0 Å². The number of fused-ring (bicyclic) bond motifs is 2. The van der Waals surface area contributed by atoms with Gasteiger partial charge in [0, 0.05) is 24.4 Å². The van der Waals surface area contributed by atoms with Crippen LogP contribution in [0.25, 0.3) is 5.52 Å². The van der Waals surface area contributed by atoms with Crippen LogP contribution in [-0.4, -0.2) is 40.1 Å². The molecule has 1 aliphatic rings. The van der Waals surface area contributed by atoms with Crippen LogP contribution < -0.4 is 10.2 Å². The summed E-state index contributed by atoms with van der Waals surface area (Å²) >= 11 is 0. The fraction of sp³-hybridized carbons (Fsp3) is 0.0833. The Kier molecular flexibility index (Phi) is 4.74. The normalized spacial score (nSPS) is 15.8. The van der Waals surface area contributed by atoms with E-state index in [1.807, 2.05) is 6.07 Å². The zero-order valence-corrected chi connectivity index (χ0v) is 17.1. The summed E-state index contributed by atoms with van der Waals surface area (Å²) in [7, 11) is 1.60. The molecule has 0 radical (unpaired) electrons. The minimum atomic E-state index is -1.25. The zero-order chi connectivity index (χ0) is 22.2. The quantitative estimate of drug-likeness (QED) is 0.546. The Morgan fingerprint density at radius 3 is 2.53 bits per heavy atom. The van der Waals surface area contributed by atoms with Gasteiger partial charge < -0.3 is 14.6 Å². The first-order valence-corrected chi connectivity index (χ1v) is 9.97. The third-order valence-electron chi connectivity index (χ3n) is 5.40. The molecule has 0 saturated carbocycles. The van der Waals surface area contributed by atoms with Crippen molar-refractivity contribution in [1.29, 1.82) is 0 Å². The molecule has 0 bridgehead atoms. The van der Waals surface area contributed by atoms with Crippen LogP contribution in [0.1, 0.15) is 21.6 Å². The summed E-state index contributed by atoms with van der Waals surface area (Å²) in [6.07, 6.45) is 2.04. The minimum absolute atomic E-state index is 0.172. The molecule has 1 N–H and O–H groups in total. The van der Waals surface area contributed by atoms with Crippen LogP contribution in [0.3, 0.4) is 0 Å². The average Bonchev–Trinajstić information content (AvgIpc) is 3.22. The number of amides is 2. The van der Waals surface area contributed by atoms with Crippen LogP contribution in [0, 0.1) is 5.82 Å². The summed E-state index contributed by atoms with van der Waals surface area (Å²) < 4.78 is 16.4. The molecule has 3 heterocycles. The first kappa shape index (κ1) is 19.6. The van der Waals surface area contributed by atoms with Crippen LogP contribution in [0.4, 0.5) is 10.1 Å². The Hall–Kier alpha value is -4.33. The molecule has 8 heteroatoms. The van der Waals surface area contributed by atoms with Gasteiger partial charge in [-0.15, -0.1) is 0 Å². The Labute approximate surface area is 182 Å². The van der Waals surface area contributed by atoms with E-state index < -0.39 is 23.8 Å². The van der Waals surface area contributed by atoms with E-state index in [2.05, 4.69) is 15.3 Å². The number of halogens is 1. The van der Waals surface area contributed by atoms with Crippen LogP contribution in [0.2, 0.25) is 0 Å². The Bertz CT molecular complexity index is 1390. The SMILES string of the molecule is CN1C(=O)C(NC(=O)c2ncn3ccccc23)N=C(c2ccccc2F)c2ccccc21. The topological polar surface area (TPSA) is 79.1 Å². The van der Waals surface area contributed by atoms with Gasteiger partial charge in [0.2, 0.25) is 6.17 Å². The maximum Gasteiger partial charge on any atom is 0.274 e. The summed E-state index contributed by atoms with van der Waals surface area (Å²) in [5.41, 5.74) is 2.47. The number of para-hydroxylation sites is 1. The lowest BCUT2D eigenvalue weighted by molar-refractivity contribution is -0.119. The number of pyridine rings is 1. The van der Waals surface area contributed by atoms with Crippen molar-refractivity contribution in [1.82, 2.24) is 14.7 Å². The van der Waals surface area contributed by atoms with E-state index >= 15 is 0 Å². The van der Waals surface area contributed by atoms with E-state index in [1.165, 1.54) is 17.3 Å². The number of benzene rings is 2. The number of carbonyl (C=O) groups is 2. The number of rotatable bonds is 3. The van der Waals surface area contributed by atoms with Crippen LogP contribution in [0.15, 0.2) is 84.2 Å². The maximum absolute atomic E-state index is 14.7. The highest BCUT2D eigenvalue weighted by molar-refractivity contribution is 6.20. The second-order valence-corrected chi connectivity index (χ2v) is 7.33. The third kappa shape index (κ3) is 3.22. The molecular weight excluding hydrogens is 409 g/mol. The molecule has 1 aliphatic heterocycles. The Morgan fingerprint density at radius 1 is 1.00 bits per heavy atom. The van der Waals surface area contributed by atoms with Crippen molar-refractivity contribution in [2.75, 3.05) is 11.9 Å². The molecule has 0 aliphatic carbocycles. The maximum atomic E-state index is 14.7. The molecule has 2 aromatic carbocycles. The first-order chi connectivity index (χ1) is 15.5. The molecule has 158 valence electrons. The van der Waals surface area contributed by atoms with Gasteiger partial charge in [-0.1, -0.05) is 36.4 Å². The third-order valence-corrected chi connectivity index (χ3v) is 5.40. The highest BCUT2D eigenvalue weighted by atomic mass is 19.1. The molecule has 1 unspecified atom stereocenters. The number of hydrogen-bond donors (Lipinski definition) is 1. The number of hydrogen-bond acceptors (Lipinski definition) is 4. The van der Waals surface area contributed by atoms with Gasteiger partial charge in [-0.3, -0.25) is 9.59 Å². The standard InChI is InChI=1S/C24H18FN5O2/c1-29-18-11-5-3-9-16(18)20(15-8-2-4-10-17(15)25)27-22(24(29)32)28-23(31)21-19-12-6-7-13-30(19)14-26-21/h2-14,22H,1H3,(H,28,31). The molecule has 2 aromatic heterocycles. The van der Waals surface area contributed by atoms with Crippen molar-refractivity contribution in [2.45, 2.75) is 6.17 Å². The van der Waals surface area contributed by atoms with E-state index in [1.54, 1.807) is 72.2 Å². The number of aromatic nitrogens is 2. The molecule has 2 amide bonds. The summed E-state index contributed by atoms with van der Waals surface area (Å²) in [4.78, 5) is 36.4. The smallest absolute Gasteiger partial charge is 0.274 e. The molecule has 32 heavy (non-hydrogen) atoms. The zero-order valence-electron chi connectivity index (χ0n) is 17.1. The van der Waals surface area contributed by atoms with E-state index in [0.717, 1.165) is 0 Å². The summed E-state index contributed by atoms with van der Waals surface area (Å²) in [5.74, 6) is -1.46. The highest BCUT2D eigenvalue weighted by Gasteiger charge is 2.32. The van der Waals surface area contributed by atoms with Gasteiger partial charge >= 0.3 is 0 Å². The molecule has 5 rings (SSSR count). The van der Waals surface area contributed by atoms with E-state index in [4.69, 9.17) is 0 Å². The van der Waals surface area contributed by atoms with Gasteiger partial charge in [0.05, 0.1) is 16.9 Å². The predicted molar refractivity (Wildman–Crippen MR) is 118 cm³/mol. The molecular formula is C24H18FN5O2. The molecule has 1 atom stereocenters. The van der Waals surface area contributed by atoms with E-state index in [-0.39, 0.29) is 17.0 Å². The molecule has 0 spiro atoms. The Morgan fingerprint density at radius 2 is 1.72 bits per heavy atom. The van der Waals surface area contributed by atoms with Crippen molar-refractivity contribution in [3.63, 3.8) is 0 Å². The number of aliphatic imine (C=N–C) groups is 1. The molecule has 7 nitrogen and oxygen atoms in total. The van der Waals surface area contributed by atoms with Gasteiger partial charge in [0.1, 0.15) is 12.1 Å². The molecule has 0 saturated heterocycles. The Balaban J connectivity index is 1.60. The lowest BCUT2D eigenvalue weighted by Crippen LogP contribution is -2.46. The fourth-order valence-corrected chi connectivity index (χ4v) is 3.80. The summed E-state index contributed by atoms with van der Waals surface area (Å²) in [6.45, 7) is 0. The van der Waals surface area contributed by atoms with Crippen LogP contribution >= 0.6 is 0 Å².